The number of aliphatic imine (C=N–C) groups is 1. The lowest BCUT2D eigenvalue weighted by molar-refractivity contribution is 0.0203. The summed E-state index contributed by atoms with van der Waals surface area (Å²) in [6.45, 7) is 4.59. The summed E-state index contributed by atoms with van der Waals surface area (Å²) in [5, 5.41) is 6.86. The molecule has 146 valence electrons. The van der Waals surface area contributed by atoms with Crippen molar-refractivity contribution < 1.29 is 13.9 Å². The van der Waals surface area contributed by atoms with E-state index in [4.69, 9.17) is 21.1 Å². The monoisotopic (exact) mass is 385 g/mol. The first-order valence-electron chi connectivity index (χ1n) is 9.23. The van der Waals surface area contributed by atoms with Gasteiger partial charge in [0.15, 0.2) is 5.96 Å². The van der Waals surface area contributed by atoms with Gasteiger partial charge in [-0.25, -0.2) is 4.39 Å². The van der Waals surface area contributed by atoms with Gasteiger partial charge in [-0.2, -0.15) is 0 Å². The van der Waals surface area contributed by atoms with Crippen LogP contribution in [0.15, 0.2) is 23.2 Å². The van der Waals surface area contributed by atoms with Gasteiger partial charge < -0.3 is 20.1 Å². The van der Waals surface area contributed by atoms with Gasteiger partial charge in [-0.15, -0.1) is 0 Å². The van der Waals surface area contributed by atoms with E-state index < -0.39 is 0 Å². The zero-order valence-corrected chi connectivity index (χ0v) is 16.2. The number of ether oxygens (including phenoxy) is 2. The molecule has 1 heterocycles. The molecule has 2 N–H and O–H groups in total. The molecule has 1 saturated heterocycles. The van der Waals surface area contributed by atoms with E-state index >= 15 is 0 Å². The molecule has 1 aromatic carbocycles. The Kier molecular flexibility index (Phi) is 9.74. The molecular formula is C19H29ClFN3O2. The van der Waals surface area contributed by atoms with Crippen molar-refractivity contribution in [2.24, 2.45) is 10.9 Å². The average molecular weight is 386 g/mol. The van der Waals surface area contributed by atoms with Crippen LogP contribution in [-0.4, -0.2) is 52.5 Å². The quantitative estimate of drug-likeness (QED) is 0.390. The Balaban J connectivity index is 1.55. The van der Waals surface area contributed by atoms with Gasteiger partial charge >= 0.3 is 0 Å². The summed E-state index contributed by atoms with van der Waals surface area (Å²) in [7, 11) is 1.72. The highest BCUT2D eigenvalue weighted by molar-refractivity contribution is 6.31. The van der Waals surface area contributed by atoms with Gasteiger partial charge in [0, 0.05) is 57.2 Å². The van der Waals surface area contributed by atoms with Crippen LogP contribution in [-0.2, 0) is 15.9 Å². The van der Waals surface area contributed by atoms with Crippen molar-refractivity contribution in [1.29, 1.82) is 0 Å². The fraction of sp³-hybridized carbons (Fsp3) is 0.632. The van der Waals surface area contributed by atoms with Crippen LogP contribution < -0.4 is 10.6 Å². The van der Waals surface area contributed by atoms with Crippen LogP contribution >= 0.6 is 11.6 Å². The van der Waals surface area contributed by atoms with E-state index in [1.165, 1.54) is 6.07 Å². The topological polar surface area (TPSA) is 54.9 Å². The number of nitrogens with zero attached hydrogens (tertiary/aromatic N) is 1. The summed E-state index contributed by atoms with van der Waals surface area (Å²) >= 11 is 6.03. The lowest BCUT2D eigenvalue weighted by Crippen LogP contribution is -2.39. The molecule has 0 amide bonds. The van der Waals surface area contributed by atoms with Gasteiger partial charge in [0.1, 0.15) is 5.82 Å². The fourth-order valence-electron chi connectivity index (χ4n) is 2.84. The minimum Gasteiger partial charge on any atom is -0.381 e. The molecular weight excluding hydrogens is 357 g/mol. The lowest BCUT2D eigenvalue weighted by atomic mass is 10.0. The van der Waals surface area contributed by atoms with Gasteiger partial charge in [0.2, 0.25) is 0 Å². The van der Waals surface area contributed by atoms with Gasteiger partial charge in [-0.3, -0.25) is 4.99 Å². The highest BCUT2D eigenvalue weighted by Crippen LogP contribution is 2.19. The molecule has 1 aliphatic heterocycles. The molecule has 1 aliphatic rings. The van der Waals surface area contributed by atoms with E-state index in [1.807, 2.05) is 0 Å². The molecule has 1 fully saturated rings. The average Bonchev–Trinajstić information content (AvgIpc) is 2.66. The number of nitrogens with one attached hydrogen (secondary N) is 2. The maximum absolute atomic E-state index is 13.7. The van der Waals surface area contributed by atoms with E-state index in [9.17, 15) is 4.39 Å². The minimum absolute atomic E-state index is 0.274. The molecule has 26 heavy (non-hydrogen) atoms. The third-order valence-electron chi connectivity index (χ3n) is 4.41. The Hall–Kier alpha value is -1.37. The van der Waals surface area contributed by atoms with Gasteiger partial charge in [0.05, 0.1) is 0 Å². The largest absolute Gasteiger partial charge is 0.381 e. The maximum Gasteiger partial charge on any atom is 0.190 e. The number of hydrogen-bond acceptors (Lipinski definition) is 3. The van der Waals surface area contributed by atoms with Crippen molar-refractivity contribution in [1.82, 2.24) is 10.6 Å². The molecule has 0 spiro atoms. The molecule has 0 unspecified atom stereocenters. The summed E-state index contributed by atoms with van der Waals surface area (Å²) in [5.41, 5.74) is 0.527. The first kappa shape index (κ1) is 20.9. The predicted octanol–water partition coefficient (Wildman–Crippen LogP) is 3.02. The fourth-order valence-corrected chi connectivity index (χ4v) is 3.10. The highest BCUT2D eigenvalue weighted by Gasteiger charge is 2.13. The van der Waals surface area contributed by atoms with Crippen molar-refractivity contribution >= 4 is 17.6 Å². The number of halogens is 2. The molecule has 5 nitrogen and oxygen atoms in total. The normalized spacial score (nSPS) is 15.9. The van der Waals surface area contributed by atoms with Crippen LogP contribution in [0.5, 0.6) is 0 Å². The molecule has 0 atom stereocenters. The highest BCUT2D eigenvalue weighted by atomic mass is 35.5. The molecule has 0 saturated carbocycles. The van der Waals surface area contributed by atoms with E-state index in [0.717, 1.165) is 52.2 Å². The van der Waals surface area contributed by atoms with Crippen LogP contribution in [0.4, 0.5) is 4.39 Å². The first-order chi connectivity index (χ1) is 12.7. The zero-order chi connectivity index (χ0) is 18.6. The first-order valence-corrected chi connectivity index (χ1v) is 9.61. The Labute approximate surface area is 160 Å². The molecule has 0 bridgehead atoms. The van der Waals surface area contributed by atoms with Crippen molar-refractivity contribution in [2.75, 3.05) is 46.6 Å². The Bertz CT molecular complexity index is 545. The van der Waals surface area contributed by atoms with Gasteiger partial charge in [0.25, 0.3) is 0 Å². The third kappa shape index (κ3) is 7.48. The van der Waals surface area contributed by atoms with Gasteiger partial charge in [-0.05, 0) is 43.7 Å². The van der Waals surface area contributed by atoms with Crippen molar-refractivity contribution in [3.63, 3.8) is 0 Å². The second-order valence-electron chi connectivity index (χ2n) is 6.36. The summed E-state index contributed by atoms with van der Waals surface area (Å²) < 4.78 is 24.8. The van der Waals surface area contributed by atoms with E-state index in [2.05, 4.69) is 15.6 Å². The zero-order valence-electron chi connectivity index (χ0n) is 15.4. The number of guanidine groups is 1. The second kappa shape index (κ2) is 12.1. The molecule has 0 aromatic heterocycles. The van der Waals surface area contributed by atoms with E-state index in [0.29, 0.717) is 35.4 Å². The Morgan fingerprint density at radius 2 is 2.08 bits per heavy atom. The van der Waals surface area contributed by atoms with Crippen LogP contribution in [0, 0.1) is 11.7 Å². The van der Waals surface area contributed by atoms with Crippen LogP contribution in [0.1, 0.15) is 24.8 Å². The van der Waals surface area contributed by atoms with Crippen molar-refractivity contribution in [3.05, 3.63) is 34.6 Å². The smallest absolute Gasteiger partial charge is 0.190 e. The number of hydrogen-bond donors (Lipinski definition) is 2. The van der Waals surface area contributed by atoms with Crippen molar-refractivity contribution in [2.45, 2.75) is 25.7 Å². The lowest BCUT2D eigenvalue weighted by Gasteiger charge is -2.21. The molecule has 7 heteroatoms. The predicted molar refractivity (Wildman–Crippen MR) is 103 cm³/mol. The summed E-state index contributed by atoms with van der Waals surface area (Å²) in [6, 6.07) is 4.74. The summed E-state index contributed by atoms with van der Waals surface area (Å²) in [5.74, 6) is 1.06. The van der Waals surface area contributed by atoms with E-state index in [-0.39, 0.29) is 5.82 Å². The summed E-state index contributed by atoms with van der Waals surface area (Å²) in [4.78, 5) is 4.17. The standard InChI is InChI=1S/C19H29ClFN3O2/c1-22-19(24-10-6-16-17(20)4-2-5-18(16)21)23-9-3-11-26-14-15-7-12-25-13-8-15/h2,4-5,15H,3,6-14H2,1H3,(H2,22,23,24). The minimum atomic E-state index is -0.274. The van der Waals surface area contributed by atoms with Crippen molar-refractivity contribution in [3.8, 4) is 0 Å². The molecule has 0 radical (unpaired) electrons. The summed E-state index contributed by atoms with van der Waals surface area (Å²) in [6.07, 6.45) is 3.60. The van der Waals surface area contributed by atoms with Crippen LogP contribution in [0.25, 0.3) is 0 Å². The molecule has 0 aliphatic carbocycles. The second-order valence-corrected chi connectivity index (χ2v) is 6.77. The van der Waals surface area contributed by atoms with E-state index in [1.54, 1.807) is 19.2 Å². The number of benzene rings is 1. The third-order valence-corrected chi connectivity index (χ3v) is 4.76. The van der Waals surface area contributed by atoms with Crippen LogP contribution in [0.3, 0.4) is 0 Å². The van der Waals surface area contributed by atoms with Gasteiger partial charge in [-0.1, -0.05) is 17.7 Å². The molecule has 1 aromatic rings. The Morgan fingerprint density at radius 1 is 1.31 bits per heavy atom. The Morgan fingerprint density at radius 3 is 2.81 bits per heavy atom. The SMILES string of the molecule is CN=C(NCCCOCC1CCOCC1)NCCc1c(F)cccc1Cl. The van der Waals surface area contributed by atoms with Crippen LogP contribution in [0.2, 0.25) is 5.02 Å². The number of rotatable bonds is 9. The maximum atomic E-state index is 13.7. The molecule has 2 rings (SSSR count).